The molecule has 0 bridgehead atoms. The number of Topliss-reactive ketones (excluding diaryl/α,β-unsaturated/α-hetero) is 1. The molecule has 82 valence electrons. The van der Waals surface area contributed by atoms with Crippen molar-refractivity contribution in [1.29, 1.82) is 0 Å². The highest BCUT2D eigenvalue weighted by Crippen LogP contribution is 2.24. The lowest BCUT2D eigenvalue weighted by atomic mass is 10.1. The topological polar surface area (TPSA) is 26.3 Å². The number of alkyl halides is 3. The van der Waals surface area contributed by atoms with E-state index >= 15 is 0 Å². The molecule has 0 aliphatic heterocycles. The number of halogens is 3. The first kappa shape index (κ1) is 11.6. The number of hydrogen-bond acceptors (Lipinski definition) is 2. The van der Waals surface area contributed by atoms with Gasteiger partial charge in [-0.1, -0.05) is 0 Å². The van der Waals surface area contributed by atoms with Gasteiger partial charge in [-0.25, -0.2) is 0 Å². The van der Waals surface area contributed by atoms with E-state index in [2.05, 4.69) is 4.74 Å². The highest BCUT2D eigenvalue weighted by atomic mass is 19.4. The fourth-order valence-corrected chi connectivity index (χ4v) is 1.23. The van der Waals surface area contributed by atoms with Crippen molar-refractivity contribution in [3.63, 3.8) is 0 Å². The van der Waals surface area contributed by atoms with Gasteiger partial charge in [-0.05, 0) is 37.6 Å². The molecule has 2 nitrogen and oxygen atoms in total. The average Bonchev–Trinajstić information content (AvgIpc) is 1.99. The van der Waals surface area contributed by atoms with Crippen LogP contribution in [0, 0.1) is 6.92 Å². The largest absolute Gasteiger partial charge is 0.573 e. The van der Waals surface area contributed by atoms with Crippen LogP contribution in [0.5, 0.6) is 5.75 Å². The maximum atomic E-state index is 11.8. The molecule has 0 saturated carbocycles. The van der Waals surface area contributed by atoms with E-state index in [4.69, 9.17) is 0 Å². The molecule has 0 N–H and O–H groups in total. The van der Waals surface area contributed by atoms with Crippen LogP contribution in [0.25, 0.3) is 0 Å². The summed E-state index contributed by atoms with van der Waals surface area (Å²) in [6.07, 6.45) is -4.70. The molecule has 5 heteroatoms. The van der Waals surface area contributed by atoms with Crippen LogP contribution in [0.15, 0.2) is 18.2 Å². The van der Waals surface area contributed by atoms with Gasteiger partial charge in [0.15, 0.2) is 5.78 Å². The Balaban J connectivity index is 2.97. The number of ether oxygens (including phenoxy) is 1. The van der Waals surface area contributed by atoms with E-state index in [0.29, 0.717) is 11.1 Å². The van der Waals surface area contributed by atoms with Gasteiger partial charge in [-0.15, -0.1) is 13.2 Å². The Labute approximate surface area is 84.7 Å². The summed E-state index contributed by atoms with van der Waals surface area (Å²) >= 11 is 0. The molecule has 0 fully saturated rings. The molecule has 1 aromatic carbocycles. The number of carbonyl (C=O) groups excluding carboxylic acids is 1. The van der Waals surface area contributed by atoms with Crippen molar-refractivity contribution in [1.82, 2.24) is 0 Å². The van der Waals surface area contributed by atoms with Gasteiger partial charge in [0.2, 0.25) is 0 Å². The van der Waals surface area contributed by atoms with Gasteiger partial charge in [-0.3, -0.25) is 4.79 Å². The molecular weight excluding hydrogens is 209 g/mol. The van der Waals surface area contributed by atoms with Crippen molar-refractivity contribution >= 4 is 5.78 Å². The molecule has 0 atom stereocenters. The lowest BCUT2D eigenvalue weighted by Gasteiger charge is -2.10. The molecular formula is C10H9F3O2. The Kier molecular flexibility index (Phi) is 3.02. The highest BCUT2D eigenvalue weighted by molar-refractivity contribution is 5.95. The predicted octanol–water partition coefficient (Wildman–Crippen LogP) is 3.10. The van der Waals surface area contributed by atoms with E-state index in [1.54, 1.807) is 6.92 Å². The van der Waals surface area contributed by atoms with Gasteiger partial charge in [0.05, 0.1) is 0 Å². The van der Waals surface area contributed by atoms with Gasteiger partial charge >= 0.3 is 6.36 Å². The van der Waals surface area contributed by atoms with E-state index in [-0.39, 0.29) is 11.5 Å². The molecule has 0 amide bonds. The quantitative estimate of drug-likeness (QED) is 0.713. The normalized spacial score (nSPS) is 11.3. The first-order valence-corrected chi connectivity index (χ1v) is 4.17. The Morgan fingerprint density at radius 1 is 1.33 bits per heavy atom. The molecule has 0 unspecified atom stereocenters. The van der Waals surface area contributed by atoms with Gasteiger partial charge < -0.3 is 4.74 Å². The second-order valence-electron chi connectivity index (χ2n) is 3.08. The molecule has 0 aliphatic carbocycles. The summed E-state index contributed by atoms with van der Waals surface area (Å²) in [7, 11) is 0. The summed E-state index contributed by atoms with van der Waals surface area (Å²) in [5.74, 6) is -0.504. The van der Waals surface area contributed by atoms with E-state index < -0.39 is 6.36 Å². The van der Waals surface area contributed by atoms with Crippen LogP contribution in [0.4, 0.5) is 13.2 Å². The summed E-state index contributed by atoms with van der Waals surface area (Å²) in [4.78, 5) is 11.0. The molecule has 15 heavy (non-hydrogen) atoms. The predicted molar refractivity (Wildman–Crippen MR) is 47.9 cm³/mol. The third-order valence-corrected chi connectivity index (χ3v) is 1.81. The van der Waals surface area contributed by atoms with Crippen LogP contribution in [-0.2, 0) is 0 Å². The maximum Gasteiger partial charge on any atom is 0.573 e. The van der Waals surface area contributed by atoms with E-state index in [1.807, 2.05) is 0 Å². The van der Waals surface area contributed by atoms with Gasteiger partial charge in [0, 0.05) is 5.56 Å². The second-order valence-corrected chi connectivity index (χ2v) is 3.08. The van der Waals surface area contributed by atoms with Gasteiger partial charge in [0.1, 0.15) is 5.75 Å². The first-order chi connectivity index (χ1) is 6.79. The summed E-state index contributed by atoms with van der Waals surface area (Å²) in [6.45, 7) is 2.91. The third-order valence-electron chi connectivity index (χ3n) is 1.81. The fourth-order valence-electron chi connectivity index (χ4n) is 1.23. The van der Waals surface area contributed by atoms with Crippen molar-refractivity contribution < 1.29 is 22.7 Å². The molecule has 0 heterocycles. The van der Waals surface area contributed by atoms with E-state index in [0.717, 1.165) is 6.07 Å². The Hall–Kier alpha value is -1.52. The van der Waals surface area contributed by atoms with Crippen LogP contribution >= 0.6 is 0 Å². The zero-order chi connectivity index (χ0) is 11.6. The smallest absolute Gasteiger partial charge is 0.406 e. The van der Waals surface area contributed by atoms with E-state index in [9.17, 15) is 18.0 Å². The third kappa shape index (κ3) is 3.27. The van der Waals surface area contributed by atoms with Crippen LogP contribution in [0.1, 0.15) is 22.8 Å². The zero-order valence-electron chi connectivity index (χ0n) is 8.18. The summed E-state index contributed by atoms with van der Waals surface area (Å²) in [5.41, 5.74) is 0.855. The van der Waals surface area contributed by atoms with Crippen molar-refractivity contribution in [2.24, 2.45) is 0 Å². The van der Waals surface area contributed by atoms with Crippen molar-refractivity contribution in [2.45, 2.75) is 20.2 Å². The molecule has 1 rings (SSSR count). The summed E-state index contributed by atoms with van der Waals surface area (Å²) in [5, 5.41) is 0. The number of benzene rings is 1. The van der Waals surface area contributed by atoms with Crippen molar-refractivity contribution in [3.8, 4) is 5.75 Å². The molecule has 0 spiro atoms. The standard InChI is InChI=1S/C10H9F3O2/c1-6-5-8(15-10(11,12)13)3-4-9(6)7(2)14/h3-5H,1-2H3. The Morgan fingerprint density at radius 3 is 2.33 bits per heavy atom. The number of hydrogen-bond donors (Lipinski definition) is 0. The molecule has 0 aliphatic rings. The van der Waals surface area contributed by atoms with Crippen molar-refractivity contribution in [2.75, 3.05) is 0 Å². The SMILES string of the molecule is CC(=O)c1ccc(OC(F)(F)F)cc1C. The maximum absolute atomic E-state index is 11.8. The van der Waals surface area contributed by atoms with E-state index in [1.165, 1.54) is 19.1 Å². The molecule has 0 saturated heterocycles. The lowest BCUT2D eigenvalue weighted by molar-refractivity contribution is -0.274. The van der Waals surface area contributed by atoms with Crippen LogP contribution < -0.4 is 4.74 Å². The molecule has 0 radical (unpaired) electrons. The number of ketones is 1. The minimum Gasteiger partial charge on any atom is -0.406 e. The second kappa shape index (κ2) is 3.92. The van der Waals surface area contributed by atoms with Crippen LogP contribution in [0.2, 0.25) is 0 Å². The molecule has 0 aromatic heterocycles. The number of carbonyl (C=O) groups is 1. The van der Waals surface area contributed by atoms with Gasteiger partial charge in [0.25, 0.3) is 0 Å². The minimum atomic E-state index is -4.70. The fraction of sp³-hybridized carbons (Fsp3) is 0.300. The zero-order valence-corrected chi connectivity index (χ0v) is 8.18. The molecule has 1 aromatic rings. The highest BCUT2D eigenvalue weighted by Gasteiger charge is 2.31. The van der Waals surface area contributed by atoms with Crippen molar-refractivity contribution in [3.05, 3.63) is 29.3 Å². The number of rotatable bonds is 2. The Bertz CT molecular complexity index is 383. The summed E-state index contributed by atoms with van der Waals surface area (Å²) < 4.78 is 39.2. The van der Waals surface area contributed by atoms with Gasteiger partial charge in [-0.2, -0.15) is 0 Å². The lowest BCUT2D eigenvalue weighted by Crippen LogP contribution is -2.17. The van der Waals surface area contributed by atoms with Crippen LogP contribution in [0.3, 0.4) is 0 Å². The monoisotopic (exact) mass is 218 g/mol. The van der Waals surface area contributed by atoms with Crippen LogP contribution in [-0.4, -0.2) is 12.1 Å². The summed E-state index contributed by atoms with van der Waals surface area (Å²) in [6, 6.07) is 3.63. The average molecular weight is 218 g/mol. The Morgan fingerprint density at radius 2 is 1.93 bits per heavy atom. The first-order valence-electron chi connectivity index (χ1n) is 4.17. The number of aryl methyl sites for hydroxylation is 1. The minimum absolute atomic E-state index is 0.189.